The molecule has 0 aliphatic heterocycles. The molecule has 0 fully saturated rings. The van der Waals surface area contributed by atoms with Gasteiger partial charge in [-0.05, 0) is 43.3 Å². The van der Waals surface area contributed by atoms with Crippen molar-refractivity contribution in [2.45, 2.75) is 13.0 Å². The van der Waals surface area contributed by atoms with Gasteiger partial charge in [0.2, 0.25) is 0 Å². The summed E-state index contributed by atoms with van der Waals surface area (Å²) in [6.07, 6.45) is -0.678. The summed E-state index contributed by atoms with van der Waals surface area (Å²) < 4.78 is 16.0. The van der Waals surface area contributed by atoms with Crippen molar-refractivity contribution < 1.29 is 19.0 Å². The van der Waals surface area contributed by atoms with Crippen LogP contribution in [-0.4, -0.2) is 26.2 Å². The van der Waals surface area contributed by atoms with Crippen LogP contribution in [-0.2, 0) is 4.79 Å². The summed E-state index contributed by atoms with van der Waals surface area (Å²) in [7, 11) is 3.09. The lowest BCUT2D eigenvalue weighted by Crippen LogP contribution is -2.30. The fourth-order valence-electron chi connectivity index (χ4n) is 1.91. The van der Waals surface area contributed by atoms with Gasteiger partial charge < -0.3 is 19.5 Å². The van der Waals surface area contributed by atoms with Crippen LogP contribution < -0.4 is 19.5 Å². The molecule has 2 aromatic rings. The van der Waals surface area contributed by atoms with E-state index in [1.165, 1.54) is 7.11 Å². The molecular formula is C17H18ClNO4. The molecule has 0 spiro atoms. The Morgan fingerprint density at radius 3 is 2.30 bits per heavy atom. The van der Waals surface area contributed by atoms with E-state index in [1.54, 1.807) is 56.5 Å². The molecule has 0 saturated heterocycles. The molecule has 0 bridgehead atoms. The number of hydrogen-bond donors (Lipinski definition) is 1. The van der Waals surface area contributed by atoms with E-state index in [0.29, 0.717) is 28.0 Å². The lowest BCUT2D eigenvalue weighted by molar-refractivity contribution is -0.122. The number of anilines is 1. The van der Waals surface area contributed by atoms with E-state index in [-0.39, 0.29) is 5.91 Å². The van der Waals surface area contributed by atoms with Crippen molar-refractivity contribution in [3.63, 3.8) is 0 Å². The maximum Gasteiger partial charge on any atom is 0.265 e. The molecular weight excluding hydrogens is 318 g/mol. The predicted octanol–water partition coefficient (Wildman–Crippen LogP) is 3.76. The second-order valence-electron chi connectivity index (χ2n) is 4.77. The average Bonchev–Trinajstić information content (AvgIpc) is 2.57. The smallest absolute Gasteiger partial charge is 0.265 e. The van der Waals surface area contributed by atoms with E-state index in [0.717, 1.165) is 0 Å². The Morgan fingerprint density at radius 1 is 1.04 bits per heavy atom. The second-order valence-corrected chi connectivity index (χ2v) is 5.21. The number of amides is 1. The highest BCUT2D eigenvalue weighted by Gasteiger charge is 2.17. The van der Waals surface area contributed by atoms with Crippen molar-refractivity contribution in [2.75, 3.05) is 19.5 Å². The molecule has 0 saturated carbocycles. The minimum absolute atomic E-state index is 0.289. The fourth-order valence-corrected chi connectivity index (χ4v) is 2.03. The summed E-state index contributed by atoms with van der Waals surface area (Å²) in [5, 5.41) is 3.38. The first-order valence-electron chi connectivity index (χ1n) is 6.98. The number of carbonyl (C=O) groups excluding carboxylic acids is 1. The first-order chi connectivity index (χ1) is 11.0. The van der Waals surface area contributed by atoms with Crippen LogP contribution in [0.4, 0.5) is 5.69 Å². The first-order valence-corrected chi connectivity index (χ1v) is 7.36. The van der Waals surface area contributed by atoms with Crippen molar-refractivity contribution in [1.29, 1.82) is 0 Å². The molecule has 5 nitrogen and oxygen atoms in total. The maximum atomic E-state index is 12.3. The summed E-state index contributed by atoms with van der Waals surface area (Å²) in [6, 6.07) is 12.0. The fraction of sp³-hybridized carbons (Fsp3) is 0.235. The van der Waals surface area contributed by atoms with Gasteiger partial charge in [0.25, 0.3) is 5.91 Å². The van der Waals surface area contributed by atoms with Gasteiger partial charge in [0.05, 0.1) is 19.9 Å². The van der Waals surface area contributed by atoms with Gasteiger partial charge in [0, 0.05) is 11.1 Å². The third-order valence-corrected chi connectivity index (χ3v) is 3.41. The van der Waals surface area contributed by atoms with Gasteiger partial charge in [-0.25, -0.2) is 0 Å². The van der Waals surface area contributed by atoms with Gasteiger partial charge >= 0.3 is 0 Å². The minimum atomic E-state index is -0.678. The van der Waals surface area contributed by atoms with Crippen LogP contribution in [0.15, 0.2) is 42.5 Å². The van der Waals surface area contributed by atoms with Gasteiger partial charge in [-0.15, -0.1) is 0 Å². The summed E-state index contributed by atoms with van der Waals surface area (Å²) >= 11 is 5.82. The number of rotatable bonds is 6. The molecule has 0 radical (unpaired) electrons. The number of halogens is 1. The van der Waals surface area contributed by atoms with Crippen LogP contribution in [0.3, 0.4) is 0 Å². The lowest BCUT2D eigenvalue weighted by Gasteiger charge is -2.16. The molecule has 23 heavy (non-hydrogen) atoms. The molecule has 1 amide bonds. The molecule has 0 unspecified atom stereocenters. The summed E-state index contributed by atoms with van der Waals surface area (Å²) in [5.74, 6) is 1.43. The Balaban J connectivity index is 2.04. The Hall–Kier alpha value is -2.40. The highest BCUT2D eigenvalue weighted by atomic mass is 35.5. The Labute approximate surface area is 140 Å². The van der Waals surface area contributed by atoms with Gasteiger partial charge in [-0.2, -0.15) is 0 Å². The van der Waals surface area contributed by atoms with Crippen molar-refractivity contribution >= 4 is 23.2 Å². The van der Waals surface area contributed by atoms with Crippen LogP contribution in [0.2, 0.25) is 5.02 Å². The normalized spacial score (nSPS) is 11.5. The quantitative estimate of drug-likeness (QED) is 0.873. The van der Waals surface area contributed by atoms with Crippen molar-refractivity contribution in [3.8, 4) is 17.2 Å². The third-order valence-electron chi connectivity index (χ3n) is 3.16. The van der Waals surface area contributed by atoms with Crippen LogP contribution in [0.25, 0.3) is 0 Å². The average molecular weight is 336 g/mol. The Bertz CT molecular complexity index is 673. The summed E-state index contributed by atoms with van der Waals surface area (Å²) in [5.41, 5.74) is 0.546. The molecule has 122 valence electrons. The van der Waals surface area contributed by atoms with Crippen molar-refractivity contribution in [3.05, 3.63) is 47.5 Å². The molecule has 0 aliphatic rings. The number of hydrogen-bond acceptors (Lipinski definition) is 4. The van der Waals surface area contributed by atoms with Crippen LogP contribution in [0, 0.1) is 0 Å². The summed E-state index contributed by atoms with van der Waals surface area (Å²) in [6.45, 7) is 1.67. The topological polar surface area (TPSA) is 56.8 Å². The SMILES string of the molecule is COc1ccc(NC(=O)[C@H](C)Oc2ccc(Cl)cc2)c(OC)c1. The molecule has 0 aliphatic carbocycles. The number of carbonyl (C=O) groups is 1. The van der Waals surface area contributed by atoms with Gasteiger partial charge in [-0.1, -0.05) is 11.6 Å². The molecule has 0 heterocycles. The zero-order valence-electron chi connectivity index (χ0n) is 13.1. The standard InChI is InChI=1S/C17H18ClNO4/c1-11(23-13-6-4-12(18)5-7-13)17(20)19-15-9-8-14(21-2)10-16(15)22-3/h4-11H,1-3H3,(H,19,20)/t11-/m0/s1. The number of methoxy groups -OCH3 is 2. The van der Waals surface area contributed by atoms with Crippen LogP contribution in [0.5, 0.6) is 17.2 Å². The van der Waals surface area contributed by atoms with E-state index in [1.807, 2.05) is 0 Å². The highest BCUT2D eigenvalue weighted by Crippen LogP contribution is 2.29. The van der Waals surface area contributed by atoms with E-state index in [9.17, 15) is 4.79 Å². The molecule has 6 heteroatoms. The largest absolute Gasteiger partial charge is 0.497 e. The zero-order valence-corrected chi connectivity index (χ0v) is 13.9. The Morgan fingerprint density at radius 2 is 1.70 bits per heavy atom. The monoisotopic (exact) mass is 335 g/mol. The van der Waals surface area contributed by atoms with Gasteiger partial charge in [-0.3, -0.25) is 4.79 Å². The van der Waals surface area contributed by atoms with E-state index >= 15 is 0 Å². The Kier molecular flexibility index (Phi) is 5.71. The van der Waals surface area contributed by atoms with Crippen LogP contribution in [0.1, 0.15) is 6.92 Å². The number of ether oxygens (including phenoxy) is 3. The van der Waals surface area contributed by atoms with Crippen LogP contribution >= 0.6 is 11.6 Å². The second kappa shape index (κ2) is 7.74. The minimum Gasteiger partial charge on any atom is -0.497 e. The molecule has 1 N–H and O–H groups in total. The molecule has 1 atom stereocenters. The lowest BCUT2D eigenvalue weighted by atomic mass is 10.2. The molecule has 2 aromatic carbocycles. The highest BCUT2D eigenvalue weighted by molar-refractivity contribution is 6.30. The number of benzene rings is 2. The summed E-state index contributed by atoms with van der Waals surface area (Å²) in [4.78, 5) is 12.3. The van der Waals surface area contributed by atoms with Gasteiger partial charge in [0.1, 0.15) is 17.2 Å². The van der Waals surface area contributed by atoms with Crippen molar-refractivity contribution in [2.24, 2.45) is 0 Å². The number of nitrogens with one attached hydrogen (secondary N) is 1. The molecule has 2 rings (SSSR count). The van der Waals surface area contributed by atoms with E-state index in [4.69, 9.17) is 25.8 Å². The van der Waals surface area contributed by atoms with E-state index < -0.39 is 6.10 Å². The van der Waals surface area contributed by atoms with Crippen molar-refractivity contribution in [1.82, 2.24) is 0 Å². The van der Waals surface area contributed by atoms with E-state index in [2.05, 4.69) is 5.32 Å². The molecule has 0 aromatic heterocycles. The van der Waals surface area contributed by atoms with Gasteiger partial charge in [0.15, 0.2) is 6.10 Å². The maximum absolute atomic E-state index is 12.3. The third kappa shape index (κ3) is 4.53. The zero-order chi connectivity index (χ0) is 16.8. The predicted molar refractivity (Wildman–Crippen MR) is 89.7 cm³/mol. The first kappa shape index (κ1) is 17.0.